The van der Waals surface area contributed by atoms with E-state index in [-0.39, 0.29) is 12.1 Å². The van der Waals surface area contributed by atoms with Gasteiger partial charge < -0.3 is 19.7 Å². The van der Waals surface area contributed by atoms with Crippen LogP contribution in [0.5, 0.6) is 0 Å². The first-order valence-electron chi connectivity index (χ1n) is 12.3. The predicted octanol–water partition coefficient (Wildman–Crippen LogP) is 2.48. The fourth-order valence-corrected chi connectivity index (χ4v) is 5.58. The van der Waals surface area contributed by atoms with Crippen molar-refractivity contribution >= 4 is 0 Å². The molecule has 8 heteroatoms. The van der Waals surface area contributed by atoms with Gasteiger partial charge in [-0.05, 0) is 37.3 Å². The Morgan fingerprint density at radius 1 is 1.21 bits per heavy atom. The lowest BCUT2D eigenvalue weighted by Gasteiger charge is -2.43. The number of aliphatic hydroxyl groups excluding tert-OH is 1. The maximum Gasteiger partial charge on any atom is 0.150 e. The number of likely N-dealkylation sites (tertiary alicyclic amines) is 2. The van der Waals surface area contributed by atoms with Crippen LogP contribution in [0.4, 0.5) is 4.39 Å². The number of alkyl halides is 1. The molecule has 7 nitrogen and oxygen atoms in total. The minimum Gasteiger partial charge on any atom is -0.374 e. The molecule has 4 atom stereocenters. The van der Waals surface area contributed by atoms with E-state index in [4.69, 9.17) is 4.74 Å². The van der Waals surface area contributed by atoms with Crippen molar-refractivity contribution in [1.29, 1.82) is 0 Å². The average molecular weight is 458 g/mol. The highest BCUT2D eigenvalue weighted by atomic mass is 19.1. The van der Waals surface area contributed by atoms with Crippen LogP contribution in [0.25, 0.3) is 0 Å². The fraction of sp³-hybridized carbons (Fsp3) is 0.640. The second-order valence-corrected chi connectivity index (χ2v) is 9.68. The number of rotatable bonds is 6. The lowest BCUT2D eigenvalue weighted by Crippen LogP contribution is -2.58. The van der Waals surface area contributed by atoms with Crippen LogP contribution in [0.2, 0.25) is 0 Å². The summed E-state index contributed by atoms with van der Waals surface area (Å²) in [5, 5.41) is 14.8. The number of morpholine rings is 1. The van der Waals surface area contributed by atoms with Gasteiger partial charge >= 0.3 is 0 Å². The van der Waals surface area contributed by atoms with E-state index in [1.807, 2.05) is 6.33 Å². The van der Waals surface area contributed by atoms with Crippen molar-refractivity contribution < 1.29 is 14.2 Å². The van der Waals surface area contributed by atoms with Crippen molar-refractivity contribution in [2.45, 2.75) is 63.3 Å². The van der Waals surface area contributed by atoms with Crippen molar-refractivity contribution in [3.63, 3.8) is 0 Å². The van der Waals surface area contributed by atoms with Crippen LogP contribution in [-0.2, 0) is 11.3 Å². The molecular weight excluding hydrogens is 421 g/mol. The Labute approximate surface area is 195 Å². The van der Waals surface area contributed by atoms with Crippen LogP contribution in [0.1, 0.15) is 55.3 Å². The summed E-state index contributed by atoms with van der Waals surface area (Å²) >= 11 is 0. The molecule has 3 aliphatic heterocycles. The van der Waals surface area contributed by atoms with Gasteiger partial charge in [0.25, 0.3) is 0 Å². The van der Waals surface area contributed by atoms with Gasteiger partial charge in [-0.15, -0.1) is 0 Å². The number of hydrogen-bond acceptors (Lipinski definition) is 6. The summed E-state index contributed by atoms with van der Waals surface area (Å²) < 4.78 is 21.6. The van der Waals surface area contributed by atoms with Crippen molar-refractivity contribution in [3.8, 4) is 0 Å². The van der Waals surface area contributed by atoms with Crippen LogP contribution < -0.4 is 5.32 Å². The summed E-state index contributed by atoms with van der Waals surface area (Å²) in [4.78, 5) is 8.84. The molecule has 0 bridgehead atoms. The Kier molecular flexibility index (Phi) is 7.08. The van der Waals surface area contributed by atoms with Crippen LogP contribution in [-0.4, -0.2) is 82.1 Å². The zero-order chi connectivity index (χ0) is 22.8. The number of nitrogens with zero attached hydrogens (tertiary/aromatic N) is 4. The fourth-order valence-electron chi connectivity index (χ4n) is 5.58. The van der Waals surface area contributed by atoms with Crippen LogP contribution in [0, 0.1) is 0 Å². The first kappa shape index (κ1) is 22.9. The highest BCUT2D eigenvalue weighted by Crippen LogP contribution is 2.30. The van der Waals surface area contributed by atoms with Crippen LogP contribution in [0.15, 0.2) is 36.8 Å². The van der Waals surface area contributed by atoms with Gasteiger partial charge in [-0.2, -0.15) is 0 Å². The molecule has 3 saturated heterocycles. The van der Waals surface area contributed by atoms with Gasteiger partial charge in [0.2, 0.25) is 0 Å². The van der Waals surface area contributed by atoms with Gasteiger partial charge in [0.15, 0.2) is 0 Å². The monoisotopic (exact) mass is 457 g/mol. The number of benzene rings is 1. The summed E-state index contributed by atoms with van der Waals surface area (Å²) in [5.74, 6) is 0. The van der Waals surface area contributed by atoms with Crippen molar-refractivity contribution in [3.05, 3.63) is 53.6 Å². The molecule has 1 aromatic heterocycles. The van der Waals surface area contributed by atoms with Crippen molar-refractivity contribution in [2.24, 2.45) is 0 Å². The topological polar surface area (TPSA) is 65.8 Å². The van der Waals surface area contributed by atoms with Crippen molar-refractivity contribution in [2.75, 3.05) is 39.3 Å². The number of imidazole rings is 1. The van der Waals surface area contributed by atoms with E-state index in [0.717, 1.165) is 51.4 Å². The van der Waals surface area contributed by atoms with Gasteiger partial charge in [0.05, 0.1) is 37.0 Å². The van der Waals surface area contributed by atoms with Crippen molar-refractivity contribution in [1.82, 2.24) is 24.7 Å². The van der Waals surface area contributed by atoms with E-state index >= 15 is 0 Å². The lowest BCUT2D eigenvalue weighted by molar-refractivity contribution is -0.0963. The Hall–Kier alpha value is -1.84. The average Bonchev–Trinajstić information content (AvgIpc) is 3.34. The van der Waals surface area contributed by atoms with E-state index < -0.39 is 12.4 Å². The number of ether oxygens (including phenoxy) is 1. The summed E-state index contributed by atoms with van der Waals surface area (Å²) in [6, 6.07) is 8.86. The largest absolute Gasteiger partial charge is 0.374 e. The molecule has 0 saturated carbocycles. The molecule has 1 aromatic carbocycles. The van der Waals surface area contributed by atoms with E-state index in [1.165, 1.54) is 11.1 Å². The molecule has 0 amide bonds. The summed E-state index contributed by atoms with van der Waals surface area (Å²) in [6.45, 7) is 7.72. The Balaban J connectivity index is 1.32. The molecule has 2 N–H and O–H groups in total. The summed E-state index contributed by atoms with van der Waals surface area (Å²) in [6.07, 6.45) is 4.53. The number of hydrogen-bond donors (Lipinski definition) is 2. The molecule has 3 fully saturated rings. The smallest absolute Gasteiger partial charge is 0.150 e. The molecule has 0 spiro atoms. The molecule has 33 heavy (non-hydrogen) atoms. The highest BCUT2D eigenvalue weighted by molar-refractivity contribution is 5.31. The normalized spacial score (nSPS) is 27.2. The molecule has 2 aromatic rings. The molecule has 4 unspecified atom stereocenters. The maximum absolute atomic E-state index is 13.6. The van der Waals surface area contributed by atoms with E-state index in [2.05, 4.69) is 55.9 Å². The van der Waals surface area contributed by atoms with E-state index in [0.29, 0.717) is 25.4 Å². The predicted molar refractivity (Wildman–Crippen MR) is 125 cm³/mol. The lowest BCUT2D eigenvalue weighted by atomic mass is 9.98. The second-order valence-electron chi connectivity index (χ2n) is 9.68. The third kappa shape index (κ3) is 5.00. The molecule has 180 valence electrons. The standard InChI is InChI=1S/C25H36FN5O2/c1-18(21-5-3-2-4-19(21)15-29-10-6-20(26)7-11-29)31-17-27-14-23(31)25(32)30-12-8-22-24(16-30)33-13-9-28-22/h2-5,14,17-18,20,22,24-25,28,32H,6-13,15-16H2,1H3. The summed E-state index contributed by atoms with van der Waals surface area (Å²) in [5.41, 5.74) is 3.27. The number of fused-ring (bicyclic) bond motifs is 1. The SMILES string of the molecule is CC(c1ccccc1CN1CCC(F)CC1)n1cncc1C(O)N1CCC2NCCOC2C1. The van der Waals surface area contributed by atoms with Gasteiger partial charge in [0, 0.05) is 45.3 Å². The number of piperidine rings is 2. The number of nitrogens with one attached hydrogen (secondary N) is 1. The molecule has 0 radical (unpaired) electrons. The Morgan fingerprint density at radius 2 is 2.03 bits per heavy atom. The van der Waals surface area contributed by atoms with Gasteiger partial charge in [-0.25, -0.2) is 9.37 Å². The molecular formula is C25H36FN5O2. The maximum atomic E-state index is 13.6. The van der Waals surface area contributed by atoms with Crippen LogP contribution in [0.3, 0.4) is 0 Å². The number of aliphatic hydroxyl groups is 1. The van der Waals surface area contributed by atoms with Crippen LogP contribution >= 0.6 is 0 Å². The van der Waals surface area contributed by atoms with E-state index in [9.17, 15) is 9.50 Å². The zero-order valence-electron chi connectivity index (χ0n) is 19.4. The Bertz CT molecular complexity index is 916. The minimum atomic E-state index is -0.725. The highest BCUT2D eigenvalue weighted by Gasteiger charge is 2.35. The second kappa shape index (κ2) is 10.2. The number of aromatic nitrogens is 2. The quantitative estimate of drug-likeness (QED) is 0.695. The van der Waals surface area contributed by atoms with Gasteiger partial charge in [-0.1, -0.05) is 24.3 Å². The van der Waals surface area contributed by atoms with E-state index in [1.54, 1.807) is 6.20 Å². The first-order valence-corrected chi connectivity index (χ1v) is 12.3. The first-order chi connectivity index (χ1) is 16.1. The molecule has 4 heterocycles. The summed E-state index contributed by atoms with van der Waals surface area (Å²) in [7, 11) is 0. The molecule has 0 aliphatic carbocycles. The Morgan fingerprint density at radius 3 is 2.88 bits per heavy atom. The van der Waals surface area contributed by atoms with Gasteiger partial charge in [0.1, 0.15) is 12.4 Å². The molecule has 3 aliphatic rings. The van der Waals surface area contributed by atoms with Gasteiger partial charge in [-0.3, -0.25) is 9.80 Å². The molecule has 5 rings (SSSR count). The number of halogens is 1. The third-order valence-corrected chi connectivity index (χ3v) is 7.57. The third-order valence-electron chi connectivity index (χ3n) is 7.57. The zero-order valence-corrected chi connectivity index (χ0v) is 19.4. The minimum absolute atomic E-state index is 0.0252.